The molecule has 0 atom stereocenters. The summed E-state index contributed by atoms with van der Waals surface area (Å²) in [7, 11) is 0. The molecule has 0 saturated heterocycles. The quantitative estimate of drug-likeness (QED) is 0.737. The highest BCUT2D eigenvalue weighted by Gasteiger charge is 2.10. The van der Waals surface area contributed by atoms with E-state index in [0.717, 1.165) is 11.1 Å². The van der Waals surface area contributed by atoms with Crippen LogP contribution in [0.1, 0.15) is 34.0 Å². The van der Waals surface area contributed by atoms with Gasteiger partial charge in [0.2, 0.25) is 5.12 Å². The molecule has 3 heteroatoms. The molecule has 118 valence electrons. The maximum Gasteiger partial charge on any atom is 0.219 e. The lowest BCUT2D eigenvalue weighted by atomic mass is 10.1. The molecule has 0 aliphatic carbocycles. The van der Waals surface area contributed by atoms with Crippen LogP contribution in [-0.2, 0) is 4.79 Å². The molecule has 0 spiro atoms. The Bertz CT molecular complexity index is 725. The Labute approximate surface area is 141 Å². The Kier molecular flexibility index (Phi) is 5.94. The number of hydrogen-bond acceptors (Lipinski definition) is 3. The van der Waals surface area contributed by atoms with Crippen LogP contribution in [0.25, 0.3) is 6.08 Å². The standard InChI is InChI=1S/C20H20O2S/c1-14-4-8-17(9-5-14)12-19(16(3)21)13-23-20(22)18-10-6-15(2)7-11-18/h4-12H,13H2,1-3H3/b19-12+. The highest BCUT2D eigenvalue weighted by molar-refractivity contribution is 8.14. The lowest BCUT2D eigenvalue weighted by Crippen LogP contribution is -2.03. The van der Waals surface area contributed by atoms with Gasteiger partial charge >= 0.3 is 0 Å². The number of Topliss-reactive ketones (excluding diaryl/α,β-unsaturated/α-hetero) is 1. The summed E-state index contributed by atoms with van der Waals surface area (Å²) in [6.07, 6.45) is 1.86. The molecular weight excluding hydrogens is 304 g/mol. The van der Waals surface area contributed by atoms with Crippen molar-refractivity contribution in [1.82, 2.24) is 0 Å². The number of carbonyl (C=O) groups is 2. The minimum atomic E-state index is -0.0129. The predicted molar refractivity (Wildman–Crippen MR) is 97.8 cm³/mol. The summed E-state index contributed by atoms with van der Waals surface area (Å²) in [4.78, 5) is 24.0. The van der Waals surface area contributed by atoms with Crippen molar-refractivity contribution in [3.8, 4) is 0 Å². The van der Waals surface area contributed by atoms with E-state index in [1.165, 1.54) is 24.2 Å². The summed E-state index contributed by atoms with van der Waals surface area (Å²) in [6.45, 7) is 5.55. The summed E-state index contributed by atoms with van der Waals surface area (Å²) in [5, 5.41) is -0.0129. The molecule has 0 unspecified atom stereocenters. The van der Waals surface area contributed by atoms with Crippen LogP contribution in [0.4, 0.5) is 0 Å². The van der Waals surface area contributed by atoms with Crippen molar-refractivity contribution in [3.63, 3.8) is 0 Å². The van der Waals surface area contributed by atoms with Crippen molar-refractivity contribution in [2.45, 2.75) is 20.8 Å². The van der Waals surface area contributed by atoms with Gasteiger partial charge in [0, 0.05) is 16.9 Å². The highest BCUT2D eigenvalue weighted by Crippen LogP contribution is 2.19. The number of benzene rings is 2. The van der Waals surface area contributed by atoms with Crippen molar-refractivity contribution in [2.24, 2.45) is 0 Å². The van der Waals surface area contributed by atoms with Crippen molar-refractivity contribution >= 4 is 28.7 Å². The molecule has 0 amide bonds. The Balaban J connectivity index is 2.08. The lowest BCUT2D eigenvalue weighted by molar-refractivity contribution is -0.113. The van der Waals surface area contributed by atoms with Crippen molar-refractivity contribution < 1.29 is 9.59 Å². The smallest absolute Gasteiger partial charge is 0.219 e. The lowest BCUT2D eigenvalue weighted by Gasteiger charge is -2.05. The fraction of sp³-hybridized carbons (Fsp3) is 0.200. The van der Waals surface area contributed by atoms with Crippen molar-refractivity contribution in [1.29, 1.82) is 0 Å². The average molecular weight is 324 g/mol. The number of thioether (sulfide) groups is 1. The molecule has 0 aromatic heterocycles. The van der Waals surface area contributed by atoms with Gasteiger partial charge in [0.15, 0.2) is 5.78 Å². The highest BCUT2D eigenvalue weighted by atomic mass is 32.2. The molecular formula is C20H20O2S. The molecule has 2 nitrogen and oxygen atoms in total. The van der Waals surface area contributed by atoms with E-state index in [0.29, 0.717) is 16.9 Å². The van der Waals surface area contributed by atoms with Crippen LogP contribution in [0.5, 0.6) is 0 Å². The molecule has 0 aliphatic heterocycles. The SMILES string of the molecule is CC(=O)/C(=C/c1ccc(C)cc1)CSC(=O)c1ccc(C)cc1. The maximum atomic E-state index is 12.2. The van der Waals surface area contributed by atoms with E-state index >= 15 is 0 Å². The van der Waals surface area contributed by atoms with E-state index < -0.39 is 0 Å². The summed E-state index contributed by atoms with van der Waals surface area (Å²) < 4.78 is 0. The first-order valence-electron chi connectivity index (χ1n) is 7.47. The first-order chi connectivity index (χ1) is 11.0. The minimum absolute atomic E-state index is 0.00483. The Morgan fingerprint density at radius 3 is 1.96 bits per heavy atom. The second-order valence-corrected chi connectivity index (χ2v) is 6.53. The van der Waals surface area contributed by atoms with Gasteiger partial charge in [-0.05, 0) is 32.4 Å². The maximum absolute atomic E-state index is 12.2. The number of hydrogen-bond donors (Lipinski definition) is 0. The first-order valence-corrected chi connectivity index (χ1v) is 8.46. The van der Waals surface area contributed by atoms with Gasteiger partial charge in [-0.25, -0.2) is 0 Å². The molecule has 0 fully saturated rings. The van der Waals surface area contributed by atoms with Crippen LogP contribution in [0.2, 0.25) is 0 Å². The van der Waals surface area contributed by atoms with E-state index in [9.17, 15) is 9.59 Å². The normalized spacial score (nSPS) is 11.3. The third-order valence-corrected chi connectivity index (χ3v) is 4.47. The van der Waals surface area contributed by atoms with Gasteiger partial charge in [0.05, 0.1) is 0 Å². The average Bonchev–Trinajstić information content (AvgIpc) is 2.53. The molecule has 2 rings (SSSR count). The van der Waals surface area contributed by atoms with Crippen LogP contribution in [0.3, 0.4) is 0 Å². The van der Waals surface area contributed by atoms with Crippen molar-refractivity contribution in [2.75, 3.05) is 5.75 Å². The molecule has 23 heavy (non-hydrogen) atoms. The van der Waals surface area contributed by atoms with Gasteiger partial charge in [-0.3, -0.25) is 9.59 Å². The summed E-state index contributed by atoms with van der Waals surface area (Å²) in [6, 6.07) is 15.4. The van der Waals surface area contributed by atoms with Gasteiger partial charge in [0.25, 0.3) is 0 Å². The largest absolute Gasteiger partial charge is 0.295 e. The Morgan fingerprint density at radius 2 is 1.43 bits per heavy atom. The van der Waals surface area contributed by atoms with Crippen LogP contribution in [-0.4, -0.2) is 16.7 Å². The van der Waals surface area contributed by atoms with E-state index in [-0.39, 0.29) is 10.9 Å². The number of rotatable bonds is 5. The molecule has 0 saturated carbocycles. The van der Waals surface area contributed by atoms with E-state index in [2.05, 4.69) is 0 Å². The third kappa shape index (κ3) is 5.22. The summed E-state index contributed by atoms with van der Waals surface area (Å²) in [5.74, 6) is 0.380. The van der Waals surface area contributed by atoms with E-state index in [4.69, 9.17) is 0 Å². The fourth-order valence-electron chi connectivity index (χ4n) is 2.03. The molecule has 0 aliphatic rings. The van der Waals surface area contributed by atoms with Crippen LogP contribution in [0.15, 0.2) is 54.1 Å². The zero-order chi connectivity index (χ0) is 16.8. The van der Waals surface area contributed by atoms with Crippen LogP contribution >= 0.6 is 11.8 Å². The monoisotopic (exact) mass is 324 g/mol. The van der Waals surface area contributed by atoms with E-state index in [1.54, 1.807) is 0 Å². The van der Waals surface area contributed by atoms with Gasteiger partial charge < -0.3 is 0 Å². The molecule has 0 N–H and O–H groups in total. The molecule has 0 radical (unpaired) electrons. The minimum Gasteiger partial charge on any atom is -0.295 e. The van der Waals surface area contributed by atoms with Gasteiger partial charge in [-0.2, -0.15) is 0 Å². The molecule has 2 aromatic carbocycles. The fourth-order valence-corrected chi connectivity index (χ4v) is 2.90. The first kappa shape index (κ1) is 17.2. The number of ketones is 1. The number of aryl methyl sites for hydroxylation is 2. The van der Waals surface area contributed by atoms with Gasteiger partial charge in [-0.15, -0.1) is 0 Å². The zero-order valence-corrected chi connectivity index (χ0v) is 14.4. The summed E-state index contributed by atoms with van der Waals surface area (Å²) >= 11 is 1.17. The summed E-state index contributed by atoms with van der Waals surface area (Å²) in [5.41, 5.74) is 4.59. The second-order valence-electron chi connectivity index (χ2n) is 5.58. The zero-order valence-electron chi connectivity index (χ0n) is 13.6. The van der Waals surface area contributed by atoms with Crippen LogP contribution in [0, 0.1) is 13.8 Å². The molecule has 0 bridgehead atoms. The van der Waals surface area contributed by atoms with Gasteiger partial charge in [-0.1, -0.05) is 71.4 Å². The van der Waals surface area contributed by atoms with Crippen LogP contribution < -0.4 is 0 Å². The molecule has 0 heterocycles. The topological polar surface area (TPSA) is 34.1 Å². The Hall–Kier alpha value is -2.13. The van der Waals surface area contributed by atoms with E-state index in [1.807, 2.05) is 68.5 Å². The predicted octanol–water partition coefficient (Wildman–Crippen LogP) is 4.85. The third-order valence-electron chi connectivity index (χ3n) is 3.52. The molecule has 2 aromatic rings. The van der Waals surface area contributed by atoms with Crippen molar-refractivity contribution in [3.05, 3.63) is 76.4 Å². The number of carbonyl (C=O) groups excluding carboxylic acids is 2. The Morgan fingerprint density at radius 1 is 0.913 bits per heavy atom. The second kappa shape index (κ2) is 7.93. The van der Waals surface area contributed by atoms with Gasteiger partial charge in [0.1, 0.15) is 0 Å².